The van der Waals surface area contributed by atoms with Gasteiger partial charge in [-0.15, -0.1) is 0 Å². The number of thioether (sulfide) groups is 1. The molecule has 1 aliphatic heterocycles. The number of carbonyl (C=O) groups excluding carboxylic acids is 1. The van der Waals surface area contributed by atoms with Crippen molar-refractivity contribution in [3.63, 3.8) is 0 Å². The molecule has 2 aromatic rings. The summed E-state index contributed by atoms with van der Waals surface area (Å²) in [6.45, 7) is 4.04. The van der Waals surface area contributed by atoms with Crippen LogP contribution in [0.5, 0.6) is 0 Å². The first-order chi connectivity index (χ1) is 11.6. The maximum Gasteiger partial charge on any atom is 0.264 e. The zero-order chi connectivity index (χ0) is 17.1. The van der Waals surface area contributed by atoms with E-state index in [9.17, 15) is 4.79 Å². The van der Waals surface area contributed by atoms with E-state index in [1.165, 1.54) is 17.3 Å². The summed E-state index contributed by atoms with van der Waals surface area (Å²) in [4.78, 5) is 17.4. The van der Waals surface area contributed by atoms with E-state index in [-0.39, 0.29) is 5.91 Å². The molecule has 3 N–H and O–H groups in total. The van der Waals surface area contributed by atoms with Gasteiger partial charge in [0, 0.05) is 5.69 Å². The lowest BCUT2D eigenvalue weighted by Gasteiger charge is -2.04. The Kier molecular flexibility index (Phi) is 4.71. The largest absolute Gasteiger partial charge is 0.399 e. The van der Waals surface area contributed by atoms with Gasteiger partial charge >= 0.3 is 0 Å². The first kappa shape index (κ1) is 16.3. The molecule has 1 fully saturated rings. The zero-order valence-electron chi connectivity index (χ0n) is 13.7. The molecular weight excluding hydrogens is 318 g/mol. The van der Waals surface area contributed by atoms with E-state index >= 15 is 0 Å². The minimum atomic E-state index is -0.121. The highest BCUT2D eigenvalue weighted by atomic mass is 32.2. The maximum absolute atomic E-state index is 12.3. The second-order valence-electron chi connectivity index (χ2n) is 5.57. The SMILES string of the molecule is CCc1ccc(N=C2NC(=O)/C(=C(\C)c3cccc(N)c3)S2)cc1. The highest BCUT2D eigenvalue weighted by Gasteiger charge is 2.26. The summed E-state index contributed by atoms with van der Waals surface area (Å²) in [6.07, 6.45) is 0.995. The van der Waals surface area contributed by atoms with E-state index in [4.69, 9.17) is 5.73 Å². The number of benzene rings is 2. The summed E-state index contributed by atoms with van der Waals surface area (Å²) >= 11 is 1.36. The standard InChI is InChI=1S/C19H19N3OS/c1-3-13-7-9-16(10-8-13)21-19-22-18(23)17(24-19)12(2)14-5-4-6-15(20)11-14/h4-11H,3,20H2,1-2H3,(H,21,22,23)/b17-12-. The zero-order valence-corrected chi connectivity index (χ0v) is 14.5. The first-order valence-electron chi connectivity index (χ1n) is 7.80. The monoisotopic (exact) mass is 337 g/mol. The number of aliphatic imine (C=N–C) groups is 1. The van der Waals surface area contributed by atoms with E-state index in [1.54, 1.807) is 0 Å². The first-order valence-corrected chi connectivity index (χ1v) is 8.62. The van der Waals surface area contributed by atoms with Crippen molar-refractivity contribution in [1.29, 1.82) is 0 Å². The van der Waals surface area contributed by atoms with Crippen molar-refractivity contribution >= 4 is 39.8 Å². The van der Waals surface area contributed by atoms with E-state index in [0.29, 0.717) is 15.8 Å². The molecule has 1 saturated heterocycles. The van der Waals surface area contributed by atoms with E-state index in [1.807, 2.05) is 43.3 Å². The molecule has 1 amide bonds. The average molecular weight is 337 g/mol. The van der Waals surface area contributed by atoms with Gasteiger partial charge in [-0.1, -0.05) is 31.2 Å². The Hall–Kier alpha value is -2.53. The molecule has 0 aromatic heterocycles. The fourth-order valence-electron chi connectivity index (χ4n) is 2.45. The Labute approximate surface area is 145 Å². The number of carbonyl (C=O) groups is 1. The molecule has 2 aromatic carbocycles. The topological polar surface area (TPSA) is 67.5 Å². The van der Waals surface area contributed by atoms with Crippen molar-refractivity contribution in [3.05, 3.63) is 64.6 Å². The number of nitrogens with one attached hydrogen (secondary N) is 1. The summed E-state index contributed by atoms with van der Waals surface area (Å²) in [7, 11) is 0. The molecule has 5 heteroatoms. The van der Waals surface area contributed by atoms with Crippen LogP contribution in [0.1, 0.15) is 25.0 Å². The summed E-state index contributed by atoms with van der Waals surface area (Å²) in [5.41, 5.74) is 10.5. The van der Waals surface area contributed by atoms with Crippen LogP contribution in [-0.2, 0) is 11.2 Å². The van der Waals surface area contributed by atoms with Crippen molar-refractivity contribution in [2.24, 2.45) is 4.99 Å². The second kappa shape index (κ2) is 6.93. The Morgan fingerprint density at radius 1 is 1.21 bits per heavy atom. The normalized spacial score (nSPS) is 17.9. The van der Waals surface area contributed by atoms with Crippen molar-refractivity contribution < 1.29 is 4.79 Å². The lowest BCUT2D eigenvalue weighted by Crippen LogP contribution is -2.19. The number of anilines is 1. The van der Waals surface area contributed by atoms with Gasteiger partial charge in [-0.25, -0.2) is 4.99 Å². The van der Waals surface area contributed by atoms with Crippen LogP contribution in [0, 0.1) is 0 Å². The molecule has 1 heterocycles. The predicted molar refractivity (Wildman–Crippen MR) is 102 cm³/mol. The molecule has 4 nitrogen and oxygen atoms in total. The quantitative estimate of drug-likeness (QED) is 0.654. The van der Waals surface area contributed by atoms with Gasteiger partial charge in [0.05, 0.1) is 10.6 Å². The highest BCUT2D eigenvalue weighted by molar-refractivity contribution is 8.18. The maximum atomic E-state index is 12.3. The number of nitrogens with zero attached hydrogens (tertiary/aromatic N) is 1. The molecule has 3 rings (SSSR count). The Morgan fingerprint density at radius 3 is 2.62 bits per heavy atom. The van der Waals surface area contributed by atoms with Crippen LogP contribution in [0.4, 0.5) is 11.4 Å². The van der Waals surface area contributed by atoms with Gasteiger partial charge in [0.25, 0.3) is 5.91 Å². The molecule has 0 unspecified atom stereocenters. The third-order valence-corrected chi connectivity index (χ3v) is 4.94. The van der Waals surface area contributed by atoms with Gasteiger partial charge in [0.15, 0.2) is 5.17 Å². The summed E-state index contributed by atoms with van der Waals surface area (Å²) in [5, 5.41) is 3.43. The lowest BCUT2D eigenvalue weighted by atomic mass is 10.1. The average Bonchev–Trinajstić information content (AvgIpc) is 2.95. The number of amides is 1. The van der Waals surface area contributed by atoms with Gasteiger partial charge in [-0.05, 0) is 66.1 Å². The fraction of sp³-hybridized carbons (Fsp3) is 0.158. The molecule has 0 radical (unpaired) electrons. The third-order valence-electron chi connectivity index (χ3n) is 3.86. The third kappa shape index (κ3) is 3.51. The van der Waals surface area contributed by atoms with Crippen LogP contribution in [0.15, 0.2) is 58.4 Å². The number of rotatable bonds is 3. The van der Waals surface area contributed by atoms with Crippen molar-refractivity contribution in [1.82, 2.24) is 5.32 Å². The van der Waals surface area contributed by atoms with E-state index < -0.39 is 0 Å². The van der Waals surface area contributed by atoms with Gasteiger partial charge in [0.1, 0.15) is 0 Å². The van der Waals surface area contributed by atoms with Gasteiger partial charge in [-0.3, -0.25) is 4.79 Å². The molecule has 24 heavy (non-hydrogen) atoms. The Balaban J connectivity index is 1.87. The molecule has 0 saturated carbocycles. The highest BCUT2D eigenvalue weighted by Crippen LogP contribution is 2.33. The minimum absolute atomic E-state index is 0.121. The summed E-state index contributed by atoms with van der Waals surface area (Å²) in [6, 6.07) is 15.6. The number of allylic oxidation sites excluding steroid dienone is 1. The van der Waals surface area contributed by atoms with Gasteiger partial charge in [-0.2, -0.15) is 0 Å². The molecule has 0 atom stereocenters. The van der Waals surface area contributed by atoms with E-state index in [0.717, 1.165) is 23.2 Å². The van der Waals surface area contributed by atoms with Crippen molar-refractivity contribution in [2.75, 3.05) is 5.73 Å². The van der Waals surface area contributed by atoms with E-state index in [2.05, 4.69) is 29.4 Å². The number of nitrogen functional groups attached to an aromatic ring is 1. The minimum Gasteiger partial charge on any atom is -0.399 e. The Morgan fingerprint density at radius 2 is 1.96 bits per heavy atom. The van der Waals surface area contributed by atoms with Gasteiger partial charge < -0.3 is 11.1 Å². The van der Waals surface area contributed by atoms with Crippen LogP contribution in [-0.4, -0.2) is 11.1 Å². The summed E-state index contributed by atoms with van der Waals surface area (Å²) in [5.74, 6) is -0.121. The van der Waals surface area contributed by atoms with Crippen molar-refractivity contribution in [3.8, 4) is 0 Å². The summed E-state index contributed by atoms with van der Waals surface area (Å²) < 4.78 is 0. The molecule has 0 spiro atoms. The molecule has 122 valence electrons. The number of amidine groups is 1. The van der Waals surface area contributed by atoms with Crippen molar-refractivity contribution in [2.45, 2.75) is 20.3 Å². The van der Waals surface area contributed by atoms with Gasteiger partial charge in [0.2, 0.25) is 0 Å². The fourth-order valence-corrected chi connectivity index (χ4v) is 3.35. The molecular formula is C19H19N3OS. The van der Waals surface area contributed by atoms with Crippen LogP contribution < -0.4 is 11.1 Å². The van der Waals surface area contributed by atoms with Crippen LogP contribution >= 0.6 is 11.8 Å². The Bertz CT molecular complexity index is 838. The number of hydrogen-bond donors (Lipinski definition) is 2. The molecule has 0 aliphatic carbocycles. The molecule has 0 bridgehead atoms. The number of nitrogens with two attached hydrogens (primary N) is 1. The predicted octanol–water partition coefficient (Wildman–Crippen LogP) is 4.11. The number of hydrogen-bond acceptors (Lipinski definition) is 4. The number of aryl methyl sites for hydroxylation is 1. The molecule has 1 aliphatic rings. The smallest absolute Gasteiger partial charge is 0.264 e. The van der Waals surface area contributed by atoms with Crippen LogP contribution in [0.25, 0.3) is 5.57 Å². The van der Waals surface area contributed by atoms with Crippen LogP contribution in [0.3, 0.4) is 0 Å². The second-order valence-corrected chi connectivity index (χ2v) is 6.57. The lowest BCUT2D eigenvalue weighted by molar-refractivity contribution is -0.115. The van der Waals surface area contributed by atoms with Crippen LogP contribution in [0.2, 0.25) is 0 Å².